The van der Waals surface area contributed by atoms with E-state index in [1.54, 1.807) is 9.80 Å². The first kappa shape index (κ1) is 17.2. The van der Waals surface area contributed by atoms with Crippen molar-refractivity contribution in [1.82, 2.24) is 15.1 Å². The largest absolute Gasteiger partial charge is 0.338 e. The van der Waals surface area contributed by atoms with E-state index in [-0.39, 0.29) is 16.8 Å². The number of hydrogen-bond acceptors (Lipinski definition) is 3. The second kappa shape index (κ2) is 7.49. The maximum Gasteiger partial charge on any atom is 0.255 e. The molecule has 1 N–H and O–H groups in total. The van der Waals surface area contributed by atoms with Gasteiger partial charge in [0, 0.05) is 26.2 Å². The number of rotatable bonds is 5. The predicted molar refractivity (Wildman–Crippen MR) is 89.5 cm³/mol. The number of halogens is 2. The highest BCUT2D eigenvalue weighted by Gasteiger charge is 2.26. The molecule has 1 saturated carbocycles. The SMILES string of the molecule is O=C(CNCC1CC1)N1CCN(C(=O)c2ccc(F)cc2Cl)CC1. The van der Waals surface area contributed by atoms with Crippen molar-refractivity contribution < 1.29 is 14.0 Å². The molecule has 24 heavy (non-hydrogen) atoms. The quantitative estimate of drug-likeness (QED) is 0.877. The molecule has 0 bridgehead atoms. The Hall–Kier alpha value is -1.66. The highest BCUT2D eigenvalue weighted by atomic mass is 35.5. The van der Waals surface area contributed by atoms with Gasteiger partial charge in [-0.2, -0.15) is 0 Å². The van der Waals surface area contributed by atoms with Crippen LogP contribution in [0.2, 0.25) is 5.02 Å². The first-order valence-electron chi connectivity index (χ1n) is 8.27. The van der Waals surface area contributed by atoms with Crippen LogP contribution < -0.4 is 5.32 Å². The van der Waals surface area contributed by atoms with Gasteiger partial charge in [0.2, 0.25) is 5.91 Å². The molecule has 3 rings (SSSR count). The van der Waals surface area contributed by atoms with Crippen molar-refractivity contribution in [2.24, 2.45) is 5.92 Å². The molecule has 1 aliphatic carbocycles. The maximum atomic E-state index is 13.1. The van der Waals surface area contributed by atoms with E-state index in [4.69, 9.17) is 11.6 Å². The molecule has 0 atom stereocenters. The molecule has 0 aromatic heterocycles. The lowest BCUT2D eigenvalue weighted by molar-refractivity contribution is -0.131. The Labute approximate surface area is 145 Å². The summed E-state index contributed by atoms with van der Waals surface area (Å²) in [5.41, 5.74) is 0.295. The summed E-state index contributed by atoms with van der Waals surface area (Å²) in [7, 11) is 0. The van der Waals surface area contributed by atoms with E-state index in [9.17, 15) is 14.0 Å². The molecular formula is C17H21ClFN3O2. The van der Waals surface area contributed by atoms with Gasteiger partial charge in [0.05, 0.1) is 17.1 Å². The minimum Gasteiger partial charge on any atom is -0.338 e. The molecule has 1 heterocycles. The van der Waals surface area contributed by atoms with Crippen LogP contribution >= 0.6 is 11.6 Å². The first-order valence-corrected chi connectivity index (χ1v) is 8.65. The molecule has 130 valence electrons. The van der Waals surface area contributed by atoms with Gasteiger partial charge >= 0.3 is 0 Å². The third-order valence-corrected chi connectivity index (χ3v) is 4.80. The average Bonchev–Trinajstić information content (AvgIpc) is 3.39. The zero-order valence-corrected chi connectivity index (χ0v) is 14.2. The summed E-state index contributed by atoms with van der Waals surface area (Å²) in [4.78, 5) is 28.0. The van der Waals surface area contributed by atoms with Gasteiger partial charge in [-0.05, 0) is 43.5 Å². The van der Waals surface area contributed by atoms with Crippen molar-refractivity contribution in [1.29, 1.82) is 0 Å². The second-order valence-electron chi connectivity index (χ2n) is 6.37. The highest BCUT2D eigenvalue weighted by Crippen LogP contribution is 2.27. The highest BCUT2D eigenvalue weighted by molar-refractivity contribution is 6.33. The van der Waals surface area contributed by atoms with Gasteiger partial charge in [-0.15, -0.1) is 0 Å². The van der Waals surface area contributed by atoms with Crippen LogP contribution in [-0.4, -0.2) is 60.9 Å². The summed E-state index contributed by atoms with van der Waals surface area (Å²) >= 11 is 5.95. The lowest BCUT2D eigenvalue weighted by Gasteiger charge is -2.35. The Morgan fingerprint density at radius 1 is 1.17 bits per heavy atom. The van der Waals surface area contributed by atoms with E-state index in [2.05, 4.69) is 5.32 Å². The maximum absolute atomic E-state index is 13.1. The van der Waals surface area contributed by atoms with Crippen LogP contribution in [0.4, 0.5) is 4.39 Å². The molecule has 0 unspecified atom stereocenters. The normalized spacial score (nSPS) is 17.9. The number of nitrogens with zero attached hydrogens (tertiary/aromatic N) is 2. The van der Waals surface area contributed by atoms with E-state index in [0.717, 1.165) is 18.5 Å². The molecule has 2 aliphatic rings. The van der Waals surface area contributed by atoms with Crippen molar-refractivity contribution in [2.75, 3.05) is 39.3 Å². The second-order valence-corrected chi connectivity index (χ2v) is 6.78. The minimum absolute atomic E-state index is 0.0718. The summed E-state index contributed by atoms with van der Waals surface area (Å²) in [6.45, 7) is 3.20. The molecule has 1 aliphatic heterocycles. The summed E-state index contributed by atoms with van der Waals surface area (Å²) in [5, 5.41) is 3.31. The fraction of sp³-hybridized carbons (Fsp3) is 0.529. The molecule has 1 aromatic rings. The van der Waals surface area contributed by atoms with E-state index in [0.29, 0.717) is 38.3 Å². The van der Waals surface area contributed by atoms with Gasteiger partial charge in [-0.25, -0.2) is 4.39 Å². The molecule has 1 aromatic carbocycles. The standard InChI is InChI=1S/C17H21ClFN3O2/c18-15-9-13(19)3-4-14(15)17(24)22-7-5-21(6-8-22)16(23)11-20-10-12-1-2-12/h3-4,9,12,20H,1-2,5-8,10-11H2. The summed E-state index contributed by atoms with van der Waals surface area (Å²) < 4.78 is 13.1. The van der Waals surface area contributed by atoms with E-state index >= 15 is 0 Å². The Balaban J connectivity index is 1.48. The summed E-state index contributed by atoms with van der Waals surface area (Å²) in [6, 6.07) is 3.77. The average molecular weight is 354 g/mol. The number of nitrogens with one attached hydrogen (secondary N) is 1. The van der Waals surface area contributed by atoms with Crippen molar-refractivity contribution >= 4 is 23.4 Å². The number of carbonyl (C=O) groups excluding carboxylic acids is 2. The summed E-state index contributed by atoms with van der Waals surface area (Å²) in [5.74, 6) is 0.125. The lowest BCUT2D eigenvalue weighted by atomic mass is 10.1. The molecule has 0 spiro atoms. The van der Waals surface area contributed by atoms with Crippen LogP contribution in [0.25, 0.3) is 0 Å². The van der Waals surface area contributed by atoms with E-state index in [1.807, 2.05) is 0 Å². The van der Waals surface area contributed by atoms with Gasteiger partial charge in [0.15, 0.2) is 0 Å². The zero-order chi connectivity index (χ0) is 17.1. The van der Waals surface area contributed by atoms with Crippen molar-refractivity contribution in [3.05, 3.63) is 34.6 Å². The Kier molecular flexibility index (Phi) is 5.36. The molecule has 7 heteroatoms. The minimum atomic E-state index is -0.467. The van der Waals surface area contributed by atoms with Crippen LogP contribution in [0.3, 0.4) is 0 Å². The van der Waals surface area contributed by atoms with Crippen molar-refractivity contribution in [3.63, 3.8) is 0 Å². The van der Waals surface area contributed by atoms with E-state index < -0.39 is 5.82 Å². The van der Waals surface area contributed by atoms with Crippen molar-refractivity contribution in [3.8, 4) is 0 Å². The van der Waals surface area contributed by atoms with Gasteiger partial charge in [0.25, 0.3) is 5.91 Å². The summed E-state index contributed by atoms with van der Waals surface area (Å²) in [6.07, 6.45) is 2.52. The topological polar surface area (TPSA) is 52.7 Å². The predicted octanol–water partition coefficient (Wildman–Crippen LogP) is 1.76. The number of hydrogen-bond donors (Lipinski definition) is 1. The Morgan fingerprint density at radius 2 is 1.83 bits per heavy atom. The third kappa shape index (κ3) is 4.24. The van der Waals surface area contributed by atoms with Crippen LogP contribution in [0.5, 0.6) is 0 Å². The van der Waals surface area contributed by atoms with Crippen LogP contribution in [0.15, 0.2) is 18.2 Å². The van der Waals surface area contributed by atoms with Gasteiger partial charge in [0.1, 0.15) is 5.82 Å². The van der Waals surface area contributed by atoms with Crippen LogP contribution in [0.1, 0.15) is 23.2 Å². The zero-order valence-electron chi connectivity index (χ0n) is 13.4. The molecule has 2 amide bonds. The number of amides is 2. The third-order valence-electron chi connectivity index (χ3n) is 4.49. The molecule has 0 radical (unpaired) electrons. The fourth-order valence-corrected chi connectivity index (χ4v) is 3.06. The first-order chi connectivity index (χ1) is 11.5. The van der Waals surface area contributed by atoms with Gasteiger partial charge < -0.3 is 15.1 Å². The molecule has 2 fully saturated rings. The van der Waals surface area contributed by atoms with Crippen LogP contribution in [-0.2, 0) is 4.79 Å². The molecule has 1 saturated heterocycles. The Morgan fingerprint density at radius 3 is 2.46 bits per heavy atom. The van der Waals surface area contributed by atoms with E-state index in [1.165, 1.54) is 25.0 Å². The van der Waals surface area contributed by atoms with Crippen LogP contribution in [0, 0.1) is 11.7 Å². The molecular weight excluding hydrogens is 333 g/mol. The Bertz CT molecular complexity index is 628. The number of piperazine rings is 1. The molecule has 5 nitrogen and oxygen atoms in total. The monoisotopic (exact) mass is 353 g/mol. The van der Waals surface area contributed by atoms with Gasteiger partial charge in [-0.1, -0.05) is 11.6 Å². The smallest absolute Gasteiger partial charge is 0.255 e. The number of benzene rings is 1. The van der Waals surface area contributed by atoms with Gasteiger partial charge in [-0.3, -0.25) is 9.59 Å². The number of carbonyl (C=O) groups is 2. The lowest BCUT2D eigenvalue weighted by Crippen LogP contribution is -2.52. The fourth-order valence-electron chi connectivity index (χ4n) is 2.81. The van der Waals surface area contributed by atoms with Crippen molar-refractivity contribution in [2.45, 2.75) is 12.8 Å².